The Bertz CT molecular complexity index is 495. The lowest BCUT2D eigenvalue weighted by Crippen LogP contribution is -2.31. The molecule has 5 nitrogen and oxygen atoms in total. The van der Waals surface area contributed by atoms with Gasteiger partial charge in [0.15, 0.2) is 0 Å². The van der Waals surface area contributed by atoms with Gasteiger partial charge in [0.1, 0.15) is 0 Å². The molecule has 0 aliphatic rings. The largest absolute Gasteiger partial charge is 0.352 e. The first-order valence-corrected chi connectivity index (χ1v) is 8.37. The Balaban J connectivity index is 2.37. The SMILES string of the molecule is CCNC(=O)c1ccc(NC(=O)NCCSC(C)(C)C)cc1. The van der Waals surface area contributed by atoms with Crippen LogP contribution < -0.4 is 16.0 Å². The van der Waals surface area contributed by atoms with E-state index in [9.17, 15) is 9.59 Å². The zero-order valence-corrected chi connectivity index (χ0v) is 14.5. The molecule has 1 rings (SSSR count). The first-order valence-electron chi connectivity index (χ1n) is 7.39. The Hall–Kier alpha value is -1.69. The molecule has 1 aromatic rings. The van der Waals surface area contributed by atoms with Crippen LogP contribution in [-0.4, -0.2) is 35.5 Å². The van der Waals surface area contributed by atoms with E-state index < -0.39 is 0 Å². The molecular weight excluding hydrogens is 298 g/mol. The Labute approximate surface area is 136 Å². The van der Waals surface area contributed by atoms with E-state index in [0.29, 0.717) is 24.3 Å². The molecule has 0 saturated heterocycles. The summed E-state index contributed by atoms with van der Waals surface area (Å²) in [5.41, 5.74) is 1.24. The third-order valence-electron chi connectivity index (χ3n) is 2.66. The van der Waals surface area contributed by atoms with Crippen LogP contribution in [0.3, 0.4) is 0 Å². The standard InChI is InChI=1S/C16H25N3O2S/c1-5-17-14(20)12-6-8-13(9-7-12)19-15(21)18-10-11-22-16(2,3)4/h6-9H,5,10-11H2,1-4H3,(H,17,20)(H2,18,19,21). The van der Waals surface area contributed by atoms with E-state index in [1.54, 1.807) is 36.0 Å². The lowest BCUT2D eigenvalue weighted by Gasteiger charge is -2.17. The molecule has 0 saturated carbocycles. The molecule has 0 aromatic heterocycles. The van der Waals surface area contributed by atoms with Crippen molar-refractivity contribution in [1.29, 1.82) is 0 Å². The van der Waals surface area contributed by atoms with Crippen LogP contribution in [0, 0.1) is 0 Å². The van der Waals surface area contributed by atoms with Crippen LogP contribution in [0.4, 0.5) is 10.5 Å². The minimum atomic E-state index is -0.236. The van der Waals surface area contributed by atoms with Crippen molar-refractivity contribution in [1.82, 2.24) is 10.6 Å². The molecular formula is C16H25N3O2S. The number of amides is 3. The summed E-state index contributed by atoms with van der Waals surface area (Å²) in [7, 11) is 0. The number of rotatable bonds is 6. The molecule has 0 unspecified atom stereocenters. The van der Waals surface area contributed by atoms with Crippen molar-refractivity contribution in [2.24, 2.45) is 0 Å². The molecule has 0 aliphatic heterocycles. The Morgan fingerprint density at radius 1 is 1.09 bits per heavy atom. The minimum absolute atomic E-state index is 0.113. The van der Waals surface area contributed by atoms with E-state index >= 15 is 0 Å². The van der Waals surface area contributed by atoms with Crippen molar-refractivity contribution >= 4 is 29.4 Å². The number of hydrogen-bond acceptors (Lipinski definition) is 3. The third kappa shape index (κ3) is 7.36. The van der Waals surface area contributed by atoms with Crippen LogP contribution in [-0.2, 0) is 0 Å². The second-order valence-electron chi connectivity index (χ2n) is 5.78. The van der Waals surface area contributed by atoms with Gasteiger partial charge in [-0.05, 0) is 31.2 Å². The summed E-state index contributed by atoms with van der Waals surface area (Å²) in [5, 5.41) is 8.29. The normalized spacial score (nSPS) is 10.9. The molecule has 0 aliphatic carbocycles. The van der Waals surface area contributed by atoms with E-state index in [1.807, 2.05) is 6.92 Å². The molecule has 3 N–H and O–H groups in total. The fourth-order valence-corrected chi connectivity index (χ4v) is 2.48. The Morgan fingerprint density at radius 2 is 1.73 bits per heavy atom. The average Bonchev–Trinajstić information content (AvgIpc) is 2.44. The van der Waals surface area contributed by atoms with Gasteiger partial charge >= 0.3 is 6.03 Å². The summed E-state index contributed by atoms with van der Waals surface area (Å²) >= 11 is 1.80. The van der Waals surface area contributed by atoms with Gasteiger partial charge in [-0.25, -0.2) is 4.79 Å². The zero-order chi connectivity index (χ0) is 16.6. The fraction of sp³-hybridized carbons (Fsp3) is 0.500. The molecule has 0 atom stereocenters. The molecule has 0 fully saturated rings. The molecule has 0 heterocycles. The Kier molecular flexibility index (Phi) is 7.24. The van der Waals surface area contributed by atoms with Crippen molar-refractivity contribution < 1.29 is 9.59 Å². The first-order chi connectivity index (χ1) is 10.3. The van der Waals surface area contributed by atoms with Crippen LogP contribution >= 0.6 is 11.8 Å². The van der Waals surface area contributed by atoms with E-state index in [2.05, 4.69) is 36.7 Å². The third-order valence-corrected chi connectivity index (χ3v) is 3.94. The second-order valence-corrected chi connectivity index (χ2v) is 7.70. The van der Waals surface area contributed by atoms with Crippen LogP contribution in [0.1, 0.15) is 38.1 Å². The van der Waals surface area contributed by atoms with Crippen LogP contribution in [0.2, 0.25) is 0 Å². The molecule has 6 heteroatoms. The maximum absolute atomic E-state index is 11.7. The van der Waals surface area contributed by atoms with E-state index in [-0.39, 0.29) is 16.7 Å². The highest BCUT2D eigenvalue weighted by Gasteiger charge is 2.10. The van der Waals surface area contributed by atoms with Gasteiger partial charge in [0.25, 0.3) is 5.91 Å². The monoisotopic (exact) mass is 323 g/mol. The summed E-state index contributed by atoms with van der Waals surface area (Å²) in [5.74, 6) is 0.755. The van der Waals surface area contributed by atoms with Crippen LogP contribution in [0.15, 0.2) is 24.3 Å². The van der Waals surface area contributed by atoms with Crippen LogP contribution in [0.5, 0.6) is 0 Å². The maximum atomic E-state index is 11.7. The Morgan fingerprint density at radius 3 is 2.27 bits per heavy atom. The molecule has 1 aromatic carbocycles. The lowest BCUT2D eigenvalue weighted by atomic mass is 10.2. The van der Waals surface area contributed by atoms with Crippen molar-refractivity contribution in [3.05, 3.63) is 29.8 Å². The van der Waals surface area contributed by atoms with Crippen molar-refractivity contribution in [2.75, 3.05) is 24.2 Å². The smallest absolute Gasteiger partial charge is 0.319 e. The predicted octanol–water partition coefficient (Wildman–Crippen LogP) is 3.09. The molecule has 22 heavy (non-hydrogen) atoms. The van der Waals surface area contributed by atoms with Gasteiger partial charge in [-0.2, -0.15) is 11.8 Å². The van der Waals surface area contributed by atoms with Gasteiger partial charge in [-0.3, -0.25) is 4.79 Å². The number of thioether (sulfide) groups is 1. The molecule has 0 bridgehead atoms. The number of hydrogen-bond donors (Lipinski definition) is 3. The van der Waals surface area contributed by atoms with E-state index in [4.69, 9.17) is 0 Å². The van der Waals surface area contributed by atoms with Gasteiger partial charge in [0.2, 0.25) is 0 Å². The number of benzene rings is 1. The molecule has 3 amide bonds. The molecule has 0 spiro atoms. The number of nitrogens with one attached hydrogen (secondary N) is 3. The van der Waals surface area contributed by atoms with Gasteiger partial charge in [-0.1, -0.05) is 20.8 Å². The maximum Gasteiger partial charge on any atom is 0.319 e. The number of carbonyl (C=O) groups excluding carboxylic acids is 2. The summed E-state index contributed by atoms with van der Waals surface area (Å²) in [6.07, 6.45) is 0. The quantitative estimate of drug-likeness (QED) is 0.705. The second kappa shape index (κ2) is 8.68. The number of carbonyl (C=O) groups is 2. The van der Waals surface area contributed by atoms with Crippen molar-refractivity contribution in [3.63, 3.8) is 0 Å². The highest BCUT2D eigenvalue weighted by atomic mass is 32.2. The number of urea groups is 1. The number of anilines is 1. The van der Waals surface area contributed by atoms with Crippen molar-refractivity contribution in [3.8, 4) is 0 Å². The lowest BCUT2D eigenvalue weighted by molar-refractivity contribution is 0.0956. The minimum Gasteiger partial charge on any atom is -0.352 e. The highest BCUT2D eigenvalue weighted by Crippen LogP contribution is 2.22. The topological polar surface area (TPSA) is 70.2 Å². The molecule has 0 radical (unpaired) electrons. The first kappa shape index (κ1) is 18.4. The van der Waals surface area contributed by atoms with Gasteiger partial charge < -0.3 is 16.0 Å². The highest BCUT2D eigenvalue weighted by molar-refractivity contribution is 8.00. The predicted molar refractivity (Wildman–Crippen MR) is 93.7 cm³/mol. The van der Waals surface area contributed by atoms with Gasteiger partial charge in [0.05, 0.1) is 0 Å². The van der Waals surface area contributed by atoms with Gasteiger partial charge in [-0.15, -0.1) is 0 Å². The zero-order valence-electron chi connectivity index (χ0n) is 13.7. The summed E-state index contributed by atoms with van der Waals surface area (Å²) in [6, 6.07) is 6.58. The molecule has 122 valence electrons. The summed E-state index contributed by atoms with van der Waals surface area (Å²) in [4.78, 5) is 23.4. The van der Waals surface area contributed by atoms with Gasteiger partial charge in [0, 0.05) is 34.8 Å². The van der Waals surface area contributed by atoms with Crippen LogP contribution in [0.25, 0.3) is 0 Å². The van der Waals surface area contributed by atoms with Crippen molar-refractivity contribution in [2.45, 2.75) is 32.4 Å². The van der Waals surface area contributed by atoms with E-state index in [0.717, 1.165) is 5.75 Å². The average molecular weight is 323 g/mol. The summed E-state index contributed by atoms with van der Waals surface area (Å²) in [6.45, 7) is 9.52. The summed E-state index contributed by atoms with van der Waals surface area (Å²) < 4.78 is 0.201. The fourth-order valence-electron chi connectivity index (χ4n) is 1.66. The van der Waals surface area contributed by atoms with E-state index in [1.165, 1.54) is 0 Å².